The average Bonchev–Trinajstić information content (AvgIpc) is 2.96. The van der Waals surface area contributed by atoms with E-state index in [1.807, 2.05) is 42.5 Å². The number of hydrogen-bond donors (Lipinski definition) is 0. The molecule has 0 saturated heterocycles. The summed E-state index contributed by atoms with van der Waals surface area (Å²) in [6.07, 6.45) is 10.9. The fraction of sp³-hybridized carbons (Fsp3) is 0.355. The first-order valence-corrected chi connectivity index (χ1v) is 12.3. The van der Waals surface area contributed by atoms with Crippen LogP contribution in [-0.4, -0.2) is 28.4 Å². The molecule has 37 heavy (non-hydrogen) atoms. The minimum Gasteiger partial charge on any atom is -0.493 e. The Morgan fingerprint density at radius 3 is 2.16 bits per heavy atom. The summed E-state index contributed by atoms with van der Waals surface area (Å²) in [5.41, 5.74) is 1.57. The quantitative estimate of drug-likeness (QED) is 0.315. The summed E-state index contributed by atoms with van der Waals surface area (Å²) < 4.78 is 21.9. The third kappa shape index (κ3) is 5.81. The molecule has 2 unspecified atom stereocenters. The van der Waals surface area contributed by atoms with Gasteiger partial charge in [0, 0.05) is 12.3 Å². The Kier molecular flexibility index (Phi) is 9.41. The maximum absolute atomic E-state index is 10.2. The van der Waals surface area contributed by atoms with Crippen LogP contribution in [0.25, 0.3) is 6.08 Å². The topological polar surface area (TPSA) is 84.5 Å². The van der Waals surface area contributed by atoms with Crippen LogP contribution in [0, 0.1) is 34.0 Å². The van der Waals surface area contributed by atoms with Gasteiger partial charge in [0.25, 0.3) is 0 Å². The van der Waals surface area contributed by atoms with E-state index >= 15 is 0 Å². The van der Waals surface area contributed by atoms with Crippen LogP contribution in [0.4, 0.5) is 0 Å². The van der Waals surface area contributed by atoms with Crippen LogP contribution in [-0.2, 0) is 0 Å². The fourth-order valence-corrected chi connectivity index (χ4v) is 5.05. The Balaban J connectivity index is 2.15. The summed E-state index contributed by atoms with van der Waals surface area (Å²) in [7, 11) is 6.44. The summed E-state index contributed by atoms with van der Waals surface area (Å²) in [5.74, 6) is 2.40. The Labute approximate surface area is 220 Å². The molecule has 0 N–H and O–H groups in total. The smallest absolute Gasteiger partial charge is 0.168 e. The molecule has 3 rings (SSSR count). The van der Waals surface area contributed by atoms with Crippen molar-refractivity contribution in [3.8, 4) is 35.1 Å². The van der Waals surface area contributed by atoms with E-state index in [4.69, 9.17) is 18.9 Å². The van der Waals surface area contributed by atoms with Crippen LogP contribution < -0.4 is 18.9 Å². The lowest BCUT2D eigenvalue weighted by atomic mass is 9.65. The number of nitriles is 2. The van der Waals surface area contributed by atoms with Crippen LogP contribution in [0.2, 0.25) is 0 Å². The summed E-state index contributed by atoms with van der Waals surface area (Å²) in [4.78, 5) is 0. The Hall–Kier alpha value is -4.16. The highest BCUT2D eigenvalue weighted by Crippen LogP contribution is 2.48. The van der Waals surface area contributed by atoms with Crippen LogP contribution in [0.1, 0.15) is 42.7 Å². The highest BCUT2D eigenvalue weighted by molar-refractivity contribution is 5.58. The fourth-order valence-electron chi connectivity index (χ4n) is 5.05. The highest BCUT2D eigenvalue weighted by atomic mass is 16.5. The zero-order valence-electron chi connectivity index (χ0n) is 22.0. The molecule has 6 nitrogen and oxygen atoms in total. The van der Waals surface area contributed by atoms with Gasteiger partial charge in [-0.2, -0.15) is 10.5 Å². The molecule has 0 fully saturated rings. The number of benzene rings is 2. The van der Waals surface area contributed by atoms with E-state index in [1.165, 1.54) is 0 Å². The molecule has 0 saturated carbocycles. The molecule has 192 valence electrons. The number of methoxy groups -OCH3 is 4. The van der Waals surface area contributed by atoms with Gasteiger partial charge in [-0.05, 0) is 66.1 Å². The first-order valence-electron chi connectivity index (χ1n) is 12.3. The van der Waals surface area contributed by atoms with Gasteiger partial charge in [0.2, 0.25) is 0 Å². The molecule has 2 aromatic carbocycles. The molecule has 0 spiro atoms. The lowest BCUT2D eigenvalue weighted by molar-refractivity contribution is 0.353. The molecule has 0 aliphatic heterocycles. The van der Waals surface area contributed by atoms with Crippen molar-refractivity contribution in [2.24, 2.45) is 11.3 Å². The molecule has 2 atom stereocenters. The maximum atomic E-state index is 10.2. The van der Waals surface area contributed by atoms with Crippen LogP contribution in [0.3, 0.4) is 0 Å². The van der Waals surface area contributed by atoms with Gasteiger partial charge < -0.3 is 18.9 Å². The van der Waals surface area contributed by atoms with E-state index in [9.17, 15) is 10.5 Å². The first-order chi connectivity index (χ1) is 18.0. The Bertz CT molecular complexity index is 1230. The largest absolute Gasteiger partial charge is 0.493 e. The Morgan fingerprint density at radius 2 is 1.57 bits per heavy atom. The monoisotopic (exact) mass is 498 g/mol. The predicted molar refractivity (Wildman–Crippen MR) is 145 cm³/mol. The number of ether oxygens (including phenoxy) is 4. The van der Waals surface area contributed by atoms with E-state index in [1.54, 1.807) is 34.5 Å². The first kappa shape index (κ1) is 27.4. The molecule has 0 radical (unpaired) electrons. The van der Waals surface area contributed by atoms with Gasteiger partial charge in [0.15, 0.2) is 28.4 Å². The number of rotatable bonds is 11. The van der Waals surface area contributed by atoms with Crippen LogP contribution in [0.5, 0.6) is 23.0 Å². The van der Waals surface area contributed by atoms with E-state index in [2.05, 4.69) is 30.9 Å². The van der Waals surface area contributed by atoms with E-state index in [0.717, 1.165) is 36.0 Å². The van der Waals surface area contributed by atoms with E-state index in [0.29, 0.717) is 23.0 Å². The number of hydrogen-bond acceptors (Lipinski definition) is 6. The molecule has 1 aliphatic rings. The van der Waals surface area contributed by atoms with Gasteiger partial charge in [0.1, 0.15) is 0 Å². The molecule has 1 aliphatic carbocycles. The van der Waals surface area contributed by atoms with Crippen LogP contribution in [0.15, 0.2) is 66.8 Å². The molecule has 0 aromatic heterocycles. The van der Waals surface area contributed by atoms with Crippen LogP contribution >= 0.6 is 0 Å². The molecule has 0 heterocycles. The summed E-state index contributed by atoms with van der Waals surface area (Å²) in [5, 5.41) is 20.3. The van der Waals surface area contributed by atoms with Crippen molar-refractivity contribution in [2.45, 2.75) is 31.6 Å². The Morgan fingerprint density at radius 1 is 0.946 bits per heavy atom. The van der Waals surface area contributed by atoms with Gasteiger partial charge >= 0.3 is 0 Å². The van der Waals surface area contributed by atoms with Gasteiger partial charge in [-0.25, -0.2) is 0 Å². The molecule has 2 aromatic rings. The molecule has 0 bridgehead atoms. The second-order valence-electron chi connectivity index (χ2n) is 8.93. The van der Waals surface area contributed by atoms with Crippen molar-refractivity contribution >= 4 is 6.08 Å². The van der Waals surface area contributed by atoms with Gasteiger partial charge in [-0.1, -0.05) is 36.4 Å². The van der Waals surface area contributed by atoms with Crippen molar-refractivity contribution in [1.82, 2.24) is 0 Å². The third-order valence-corrected chi connectivity index (χ3v) is 6.94. The minimum absolute atomic E-state index is 0.0532. The maximum Gasteiger partial charge on any atom is 0.168 e. The second kappa shape index (κ2) is 12.7. The predicted octanol–water partition coefficient (Wildman–Crippen LogP) is 6.85. The molecular weight excluding hydrogens is 464 g/mol. The van der Waals surface area contributed by atoms with Gasteiger partial charge in [-0.15, -0.1) is 6.58 Å². The van der Waals surface area contributed by atoms with Crippen molar-refractivity contribution in [1.29, 1.82) is 10.5 Å². The van der Waals surface area contributed by atoms with Gasteiger partial charge in [0.05, 0.1) is 40.6 Å². The minimum atomic E-state index is -1.25. The highest BCUT2D eigenvalue weighted by Gasteiger charge is 2.41. The van der Waals surface area contributed by atoms with Crippen molar-refractivity contribution in [3.05, 3.63) is 77.9 Å². The average molecular weight is 499 g/mol. The summed E-state index contributed by atoms with van der Waals surface area (Å²) >= 11 is 0. The standard InChI is InChI=1S/C31H34N2O4/c1-6-17-31(20-32,21-33)26-10-8-7-9-25(26)24(23-13-16-28(35-3)30(19-23)37-5)14-11-22-12-15-27(34-2)29(18-22)36-4/h6,10-16,18-19,24-25H,1,7-9,17H2,2-5H3. The normalized spacial score (nSPS) is 16.2. The third-order valence-electron chi connectivity index (χ3n) is 6.94. The lowest BCUT2D eigenvalue weighted by Crippen LogP contribution is -2.29. The molecular formula is C31H34N2O4. The molecule has 0 amide bonds. The number of nitrogens with zero attached hydrogens (tertiary/aromatic N) is 2. The zero-order valence-corrected chi connectivity index (χ0v) is 22.0. The van der Waals surface area contributed by atoms with E-state index < -0.39 is 5.41 Å². The van der Waals surface area contributed by atoms with Crippen molar-refractivity contribution < 1.29 is 18.9 Å². The summed E-state index contributed by atoms with van der Waals surface area (Å²) in [6.45, 7) is 3.82. The van der Waals surface area contributed by atoms with E-state index in [-0.39, 0.29) is 18.3 Å². The SMILES string of the molecule is C=CCC(C#N)(C#N)C1=CCCCC1C(C=Cc1ccc(OC)c(OC)c1)c1ccc(OC)c(OC)c1. The van der Waals surface area contributed by atoms with Crippen molar-refractivity contribution in [2.75, 3.05) is 28.4 Å². The second-order valence-corrected chi connectivity index (χ2v) is 8.93. The zero-order chi connectivity index (χ0) is 26.8. The number of allylic oxidation sites excluding steroid dienone is 4. The summed E-state index contributed by atoms with van der Waals surface area (Å²) in [6, 6.07) is 16.3. The van der Waals surface area contributed by atoms with Crippen molar-refractivity contribution in [3.63, 3.8) is 0 Å². The molecule has 6 heteroatoms. The lowest BCUT2D eigenvalue weighted by Gasteiger charge is -2.36. The van der Waals surface area contributed by atoms with Gasteiger partial charge in [-0.3, -0.25) is 0 Å².